The molecule has 1 N–H and O–H groups in total. The molecule has 0 spiro atoms. The highest BCUT2D eigenvalue weighted by Crippen LogP contribution is 2.38. The van der Waals surface area contributed by atoms with E-state index in [4.69, 9.17) is 4.52 Å². The van der Waals surface area contributed by atoms with Crippen molar-refractivity contribution >= 4 is 11.8 Å². The fraction of sp³-hybridized carbons (Fsp3) is 0.0870. The van der Waals surface area contributed by atoms with Crippen LogP contribution in [0.4, 0.5) is 14.7 Å². The smallest absolute Gasteiger partial charge is 0.239 e. The summed E-state index contributed by atoms with van der Waals surface area (Å²) in [5.41, 5.74) is 2.29. The molecule has 0 atom stereocenters. The fourth-order valence-corrected chi connectivity index (χ4v) is 3.12. The summed E-state index contributed by atoms with van der Waals surface area (Å²) in [5, 5.41) is 6.67. The Balaban J connectivity index is 1.65. The van der Waals surface area contributed by atoms with Crippen LogP contribution in [0.3, 0.4) is 0 Å². The number of nitrogens with zero attached hydrogens (tertiary/aromatic N) is 2. The summed E-state index contributed by atoms with van der Waals surface area (Å²) in [7, 11) is 0. The van der Waals surface area contributed by atoms with E-state index >= 15 is 0 Å². The number of hydrogen-bond donors (Lipinski definition) is 1. The molecule has 0 radical (unpaired) electrons. The second-order valence-corrected chi connectivity index (χ2v) is 6.63. The molecule has 0 aliphatic rings. The van der Waals surface area contributed by atoms with Gasteiger partial charge in [-0.15, -0.1) is 0 Å². The zero-order valence-corrected chi connectivity index (χ0v) is 15.8. The van der Waals surface area contributed by atoms with Crippen molar-refractivity contribution in [3.8, 4) is 22.4 Å². The van der Waals surface area contributed by atoms with Crippen LogP contribution in [0.15, 0.2) is 77.6 Å². The van der Waals surface area contributed by atoms with Crippen molar-refractivity contribution < 1.29 is 18.1 Å². The van der Waals surface area contributed by atoms with Gasteiger partial charge in [0.2, 0.25) is 11.8 Å². The predicted octanol–water partition coefficient (Wildman–Crippen LogP) is 5.25. The zero-order chi connectivity index (χ0) is 20.9. The molecule has 0 bridgehead atoms. The van der Waals surface area contributed by atoms with Crippen LogP contribution in [0.5, 0.6) is 0 Å². The third-order valence-electron chi connectivity index (χ3n) is 4.58. The molecular weight excluding hydrogens is 388 g/mol. The van der Waals surface area contributed by atoms with Crippen LogP contribution in [0.1, 0.15) is 12.0 Å². The summed E-state index contributed by atoms with van der Waals surface area (Å²) < 4.78 is 33.1. The Bertz CT molecular complexity index is 1160. The largest absolute Gasteiger partial charge is 0.337 e. The van der Waals surface area contributed by atoms with E-state index in [0.29, 0.717) is 17.5 Å². The van der Waals surface area contributed by atoms with E-state index in [9.17, 15) is 13.6 Å². The molecule has 0 saturated heterocycles. The maximum absolute atomic E-state index is 14.4. The van der Waals surface area contributed by atoms with E-state index in [1.54, 1.807) is 24.5 Å². The SMILES string of the molecule is O=C(CCc1ccccc1)Nc1onc(-c2ccc(F)cc2F)c1-c1ccncc1. The molecular formula is C23H17F2N3O2. The van der Waals surface area contributed by atoms with Crippen LogP contribution in [0, 0.1) is 11.6 Å². The van der Waals surface area contributed by atoms with Crippen molar-refractivity contribution in [2.45, 2.75) is 12.8 Å². The first-order valence-electron chi connectivity index (χ1n) is 9.31. The van der Waals surface area contributed by atoms with Crippen LogP contribution in [0.25, 0.3) is 22.4 Å². The van der Waals surface area contributed by atoms with Gasteiger partial charge in [-0.3, -0.25) is 15.1 Å². The van der Waals surface area contributed by atoms with Crippen molar-refractivity contribution in [1.82, 2.24) is 10.1 Å². The molecule has 4 rings (SSSR count). The van der Waals surface area contributed by atoms with Crippen LogP contribution < -0.4 is 5.32 Å². The number of nitrogens with one attached hydrogen (secondary N) is 1. The zero-order valence-electron chi connectivity index (χ0n) is 15.8. The number of pyridine rings is 1. The standard InChI is InChI=1S/C23H17F2N3O2/c24-17-7-8-18(19(25)14-17)22-21(16-10-12-26-13-11-16)23(30-28-22)27-20(29)9-6-15-4-2-1-3-5-15/h1-5,7-8,10-14H,6,9H2,(H,27,29). The third-order valence-corrected chi connectivity index (χ3v) is 4.58. The Hall–Kier alpha value is -3.87. The van der Waals surface area contributed by atoms with Gasteiger partial charge in [-0.2, -0.15) is 0 Å². The Labute approximate surface area is 171 Å². The van der Waals surface area contributed by atoms with Gasteiger partial charge < -0.3 is 4.52 Å². The normalized spacial score (nSPS) is 10.7. The van der Waals surface area contributed by atoms with Gasteiger partial charge in [-0.1, -0.05) is 35.5 Å². The van der Waals surface area contributed by atoms with Gasteiger partial charge in [0, 0.05) is 30.4 Å². The second-order valence-electron chi connectivity index (χ2n) is 6.63. The van der Waals surface area contributed by atoms with E-state index in [2.05, 4.69) is 15.5 Å². The van der Waals surface area contributed by atoms with Gasteiger partial charge in [0.25, 0.3) is 0 Å². The predicted molar refractivity (Wildman–Crippen MR) is 108 cm³/mol. The minimum Gasteiger partial charge on any atom is -0.337 e. The average molecular weight is 405 g/mol. The van der Waals surface area contributed by atoms with Crippen LogP contribution >= 0.6 is 0 Å². The Kier molecular flexibility index (Phi) is 5.61. The summed E-state index contributed by atoms with van der Waals surface area (Å²) in [5.74, 6) is -1.64. The highest BCUT2D eigenvalue weighted by molar-refractivity contribution is 5.97. The first-order chi connectivity index (χ1) is 14.6. The van der Waals surface area contributed by atoms with Crippen LogP contribution in [-0.4, -0.2) is 16.0 Å². The van der Waals surface area contributed by atoms with Gasteiger partial charge in [-0.05, 0) is 41.8 Å². The molecule has 0 aliphatic carbocycles. The molecule has 0 unspecified atom stereocenters. The van der Waals surface area contributed by atoms with Crippen molar-refractivity contribution in [3.63, 3.8) is 0 Å². The van der Waals surface area contributed by atoms with Gasteiger partial charge in [0.1, 0.15) is 17.3 Å². The first kappa shape index (κ1) is 19.4. The Morgan fingerprint density at radius 2 is 1.77 bits per heavy atom. The second kappa shape index (κ2) is 8.65. The van der Waals surface area contributed by atoms with E-state index in [-0.39, 0.29) is 29.5 Å². The minimum atomic E-state index is -0.777. The molecule has 2 aromatic carbocycles. The molecule has 0 saturated carbocycles. The van der Waals surface area contributed by atoms with Crippen LogP contribution in [0.2, 0.25) is 0 Å². The molecule has 0 aliphatic heterocycles. The van der Waals surface area contributed by atoms with Gasteiger partial charge >= 0.3 is 0 Å². The fourth-order valence-electron chi connectivity index (χ4n) is 3.12. The van der Waals surface area contributed by atoms with Gasteiger partial charge in [-0.25, -0.2) is 8.78 Å². The first-order valence-corrected chi connectivity index (χ1v) is 9.31. The summed E-state index contributed by atoms with van der Waals surface area (Å²) in [6, 6.07) is 16.2. The monoisotopic (exact) mass is 405 g/mol. The lowest BCUT2D eigenvalue weighted by molar-refractivity contribution is -0.116. The number of rotatable bonds is 6. The lowest BCUT2D eigenvalue weighted by Gasteiger charge is -2.07. The maximum Gasteiger partial charge on any atom is 0.239 e. The molecule has 7 heteroatoms. The van der Waals surface area contributed by atoms with Crippen molar-refractivity contribution in [2.75, 3.05) is 5.32 Å². The number of hydrogen-bond acceptors (Lipinski definition) is 4. The number of carbonyl (C=O) groups excluding carboxylic acids is 1. The molecule has 1 amide bonds. The van der Waals surface area contributed by atoms with E-state index < -0.39 is 11.6 Å². The highest BCUT2D eigenvalue weighted by Gasteiger charge is 2.23. The van der Waals surface area contributed by atoms with E-state index in [1.807, 2.05) is 30.3 Å². The number of aryl methyl sites for hydroxylation is 1. The topological polar surface area (TPSA) is 68.0 Å². The van der Waals surface area contributed by atoms with Gasteiger partial charge in [0.15, 0.2) is 0 Å². The number of amides is 1. The number of aromatic nitrogens is 2. The van der Waals surface area contributed by atoms with Crippen molar-refractivity contribution in [1.29, 1.82) is 0 Å². The summed E-state index contributed by atoms with van der Waals surface area (Å²) in [6.45, 7) is 0. The van der Waals surface area contributed by atoms with Gasteiger partial charge in [0.05, 0.1) is 5.56 Å². The van der Waals surface area contributed by atoms with E-state index in [0.717, 1.165) is 17.7 Å². The van der Waals surface area contributed by atoms with E-state index in [1.165, 1.54) is 6.07 Å². The summed E-state index contributed by atoms with van der Waals surface area (Å²) >= 11 is 0. The summed E-state index contributed by atoms with van der Waals surface area (Å²) in [6.07, 6.45) is 3.92. The molecule has 4 aromatic rings. The highest BCUT2D eigenvalue weighted by atomic mass is 19.1. The Morgan fingerprint density at radius 3 is 2.50 bits per heavy atom. The van der Waals surface area contributed by atoms with Crippen molar-refractivity contribution in [3.05, 3.63) is 90.3 Å². The molecule has 5 nitrogen and oxygen atoms in total. The summed E-state index contributed by atoms with van der Waals surface area (Å²) in [4.78, 5) is 16.5. The lowest BCUT2D eigenvalue weighted by atomic mass is 10.0. The number of benzene rings is 2. The van der Waals surface area contributed by atoms with Crippen molar-refractivity contribution in [2.24, 2.45) is 0 Å². The molecule has 30 heavy (non-hydrogen) atoms. The molecule has 0 fully saturated rings. The lowest BCUT2D eigenvalue weighted by Crippen LogP contribution is -2.12. The third kappa shape index (κ3) is 4.25. The number of halogens is 2. The molecule has 2 aromatic heterocycles. The quantitative estimate of drug-likeness (QED) is 0.476. The maximum atomic E-state index is 14.4. The minimum absolute atomic E-state index is 0.0664. The number of anilines is 1. The Morgan fingerprint density at radius 1 is 1.00 bits per heavy atom. The average Bonchev–Trinajstić information content (AvgIpc) is 3.16. The molecule has 150 valence electrons. The molecule has 2 heterocycles. The number of carbonyl (C=O) groups is 1. The van der Waals surface area contributed by atoms with Crippen LogP contribution in [-0.2, 0) is 11.2 Å².